The molecule has 2 aromatic carbocycles. The quantitative estimate of drug-likeness (QED) is 0.368. The summed E-state index contributed by atoms with van der Waals surface area (Å²) in [5, 5.41) is 7.23. The third-order valence-corrected chi connectivity index (χ3v) is 5.18. The molecule has 156 valence electrons. The molecular weight excluding hydrogens is 414 g/mol. The number of aromatic nitrogens is 4. The number of para-hydroxylation sites is 1. The lowest BCUT2D eigenvalue weighted by Gasteiger charge is -2.05. The number of carbonyl (C=O) groups is 2. The second-order valence-electron chi connectivity index (χ2n) is 6.76. The number of anilines is 1. The third kappa shape index (κ3) is 4.51. The summed E-state index contributed by atoms with van der Waals surface area (Å²) in [6, 6.07) is 15.0. The zero-order valence-corrected chi connectivity index (χ0v) is 17.7. The van der Waals surface area contributed by atoms with E-state index in [9.17, 15) is 9.59 Å². The summed E-state index contributed by atoms with van der Waals surface area (Å²) < 4.78 is 15.2. The average molecular weight is 433 g/mol. The second-order valence-corrected chi connectivity index (χ2v) is 7.29. The molecular formula is C22H19N5O3S. The summed E-state index contributed by atoms with van der Waals surface area (Å²) in [5.41, 5.74) is 5.28. The van der Waals surface area contributed by atoms with Gasteiger partial charge in [0, 0.05) is 17.3 Å². The van der Waals surface area contributed by atoms with Gasteiger partial charge in [0.25, 0.3) is 5.91 Å². The van der Waals surface area contributed by atoms with E-state index in [0.29, 0.717) is 16.7 Å². The van der Waals surface area contributed by atoms with Crippen molar-refractivity contribution < 1.29 is 14.3 Å². The fourth-order valence-electron chi connectivity index (χ4n) is 3.15. The van der Waals surface area contributed by atoms with Gasteiger partial charge in [-0.25, -0.2) is 9.48 Å². The highest BCUT2D eigenvalue weighted by atomic mass is 32.1. The Labute approximate surface area is 182 Å². The zero-order valence-electron chi connectivity index (χ0n) is 16.9. The Balaban J connectivity index is 1.37. The van der Waals surface area contributed by atoms with Crippen molar-refractivity contribution in [2.24, 2.45) is 0 Å². The van der Waals surface area contributed by atoms with Gasteiger partial charge in [-0.15, -0.1) is 0 Å². The predicted octanol–water partition coefficient (Wildman–Crippen LogP) is 3.69. The van der Waals surface area contributed by atoms with E-state index in [-0.39, 0.29) is 0 Å². The van der Waals surface area contributed by atoms with Crippen molar-refractivity contribution in [1.82, 2.24) is 18.5 Å². The molecule has 0 atom stereocenters. The Kier molecular flexibility index (Phi) is 5.85. The van der Waals surface area contributed by atoms with Gasteiger partial charge in [-0.3, -0.25) is 4.79 Å². The fraction of sp³-hybridized carbons (Fsp3) is 0.136. The van der Waals surface area contributed by atoms with Gasteiger partial charge in [0.2, 0.25) is 0 Å². The van der Waals surface area contributed by atoms with Gasteiger partial charge in [-0.05, 0) is 44.2 Å². The summed E-state index contributed by atoms with van der Waals surface area (Å²) in [6.07, 6.45) is 2.95. The summed E-state index contributed by atoms with van der Waals surface area (Å²) >= 11 is 1.07. The molecule has 2 aromatic heterocycles. The molecule has 0 bridgehead atoms. The normalized spacial score (nSPS) is 11.2. The molecule has 0 aliphatic heterocycles. The van der Waals surface area contributed by atoms with E-state index in [0.717, 1.165) is 34.4 Å². The number of amides is 1. The van der Waals surface area contributed by atoms with Crippen LogP contribution < -0.4 is 5.32 Å². The van der Waals surface area contributed by atoms with Crippen LogP contribution in [0, 0.1) is 13.8 Å². The number of rotatable bonds is 6. The lowest BCUT2D eigenvalue weighted by Crippen LogP contribution is -2.20. The van der Waals surface area contributed by atoms with E-state index in [2.05, 4.69) is 19.2 Å². The first-order chi connectivity index (χ1) is 15.0. The van der Waals surface area contributed by atoms with Gasteiger partial charge in [0.05, 0.1) is 28.8 Å². The predicted molar refractivity (Wildman–Crippen MR) is 119 cm³/mol. The molecule has 8 nitrogen and oxygen atoms in total. The number of ether oxygens (including phenoxy) is 1. The topological polar surface area (TPSA) is 99.0 Å². The van der Waals surface area contributed by atoms with Crippen molar-refractivity contribution in [2.75, 3.05) is 11.9 Å². The SMILES string of the molecule is Cc1nn(-c2ccccc2)c(C)c1/C=C/C(=O)OCC(=O)Nc1cccc2nsnc12. The van der Waals surface area contributed by atoms with Gasteiger partial charge in [-0.2, -0.15) is 13.8 Å². The Hall–Kier alpha value is -3.85. The molecule has 0 radical (unpaired) electrons. The molecule has 1 amide bonds. The van der Waals surface area contributed by atoms with Gasteiger partial charge >= 0.3 is 5.97 Å². The summed E-state index contributed by atoms with van der Waals surface area (Å²) in [7, 11) is 0. The van der Waals surface area contributed by atoms with Crippen LogP contribution in [0.5, 0.6) is 0 Å². The lowest BCUT2D eigenvalue weighted by atomic mass is 10.2. The number of aryl methyl sites for hydroxylation is 1. The molecule has 0 saturated heterocycles. The number of carbonyl (C=O) groups excluding carboxylic acids is 2. The lowest BCUT2D eigenvalue weighted by molar-refractivity contribution is -0.142. The Morgan fingerprint density at radius 3 is 2.71 bits per heavy atom. The van der Waals surface area contributed by atoms with Crippen LogP contribution >= 0.6 is 11.7 Å². The van der Waals surface area contributed by atoms with E-state index in [1.165, 1.54) is 6.08 Å². The number of fused-ring (bicyclic) bond motifs is 1. The molecule has 0 aliphatic carbocycles. The number of hydrogen-bond donors (Lipinski definition) is 1. The number of hydrogen-bond acceptors (Lipinski definition) is 7. The standard InChI is InChI=1S/C22H19N5O3S/c1-14-17(15(2)27(24-14)16-7-4-3-5-8-16)11-12-21(29)30-13-20(28)23-18-9-6-10-19-22(18)26-31-25-19/h3-12H,13H2,1-2H3,(H,23,28)/b12-11+. The van der Waals surface area contributed by atoms with Crippen LogP contribution in [0.15, 0.2) is 54.6 Å². The maximum Gasteiger partial charge on any atom is 0.331 e. The van der Waals surface area contributed by atoms with E-state index in [4.69, 9.17) is 4.74 Å². The van der Waals surface area contributed by atoms with Crippen molar-refractivity contribution >= 4 is 46.4 Å². The van der Waals surface area contributed by atoms with E-state index >= 15 is 0 Å². The van der Waals surface area contributed by atoms with Gasteiger partial charge in [0.15, 0.2) is 6.61 Å². The first-order valence-corrected chi connectivity index (χ1v) is 10.2. The second kappa shape index (κ2) is 8.88. The smallest absolute Gasteiger partial charge is 0.331 e. The van der Waals surface area contributed by atoms with Crippen molar-refractivity contribution in [3.63, 3.8) is 0 Å². The van der Waals surface area contributed by atoms with Crippen LogP contribution in [0.25, 0.3) is 22.8 Å². The molecule has 4 aromatic rings. The van der Waals surface area contributed by atoms with Crippen LogP contribution in [0.1, 0.15) is 17.0 Å². The highest BCUT2D eigenvalue weighted by molar-refractivity contribution is 7.00. The first kappa shape index (κ1) is 20.4. The maximum atomic E-state index is 12.2. The largest absolute Gasteiger partial charge is 0.452 e. The van der Waals surface area contributed by atoms with Crippen LogP contribution in [-0.4, -0.2) is 37.0 Å². The molecule has 4 rings (SSSR count). The molecule has 31 heavy (non-hydrogen) atoms. The summed E-state index contributed by atoms with van der Waals surface area (Å²) in [6.45, 7) is 3.40. The zero-order chi connectivity index (χ0) is 21.8. The van der Waals surface area contributed by atoms with Crippen molar-refractivity contribution in [3.8, 4) is 5.69 Å². The fourth-order valence-corrected chi connectivity index (χ4v) is 3.70. The minimum atomic E-state index is -0.616. The van der Waals surface area contributed by atoms with E-state index in [1.807, 2.05) is 54.9 Å². The molecule has 0 saturated carbocycles. The Morgan fingerprint density at radius 1 is 1.10 bits per heavy atom. The Bertz CT molecular complexity index is 1280. The van der Waals surface area contributed by atoms with Crippen LogP contribution in [-0.2, 0) is 14.3 Å². The molecule has 0 fully saturated rings. The number of esters is 1. The highest BCUT2D eigenvalue weighted by Crippen LogP contribution is 2.21. The van der Waals surface area contributed by atoms with Crippen molar-refractivity contribution in [1.29, 1.82) is 0 Å². The van der Waals surface area contributed by atoms with E-state index < -0.39 is 18.5 Å². The maximum absolute atomic E-state index is 12.2. The monoisotopic (exact) mass is 433 g/mol. The molecule has 0 spiro atoms. The van der Waals surface area contributed by atoms with E-state index in [1.54, 1.807) is 18.2 Å². The molecule has 0 unspecified atom stereocenters. The van der Waals surface area contributed by atoms with Crippen molar-refractivity contribution in [2.45, 2.75) is 13.8 Å². The molecule has 9 heteroatoms. The summed E-state index contributed by atoms with van der Waals surface area (Å²) in [5.74, 6) is -1.07. The molecule has 1 N–H and O–H groups in total. The average Bonchev–Trinajstić information content (AvgIpc) is 3.36. The number of benzene rings is 2. The highest BCUT2D eigenvalue weighted by Gasteiger charge is 2.12. The van der Waals surface area contributed by atoms with Gasteiger partial charge in [0.1, 0.15) is 11.0 Å². The summed E-state index contributed by atoms with van der Waals surface area (Å²) in [4.78, 5) is 24.3. The molecule has 2 heterocycles. The Morgan fingerprint density at radius 2 is 1.90 bits per heavy atom. The minimum absolute atomic E-state index is 0.404. The first-order valence-electron chi connectivity index (χ1n) is 9.50. The minimum Gasteiger partial charge on any atom is -0.452 e. The number of nitrogens with zero attached hydrogens (tertiary/aromatic N) is 4. The van der Waals surface area contributed by atoms with Gasteiger partial charge < -0.3 is 10.1 Å². The van der Waals surface area contributed by atoms with Crippen LogP contribution in [0.4, 0.5) is 5.69 Å². The van der Waals surface area contributed by atoms with Crippen LogP contribution in [0.2, 0.25) is 0 Å². The number of nitrogens with one attached hydrogen (secondary N) is 1. The molecule has 0 aliphatic rings. The van der Waals surface area contributed by atoms with Crippen LogP contribution in [0.3, 0.4) is 0 Å². The van der Waals surface area contributed by atoms with Gasteiger partial charge in [-0.1, -0.05) is 24.3 Å². The van der Waals surface area contributed by atoms with Crippen molar-refractivity contribution in [3.05, 3.63) is 71.6 Å². The third-order valence-electron chi connectivity index (χ3n) is 4.64.